The van der Waals surface area contributed by atoms with Gasteiger partial charge in [0.2, 0.25) is 5.91 Å². The van der Waals surface area contributed by atoms with Crippen LogP contribution in [0.25, 0.3) is 0 Å². The molecule has 0 aromatic carbocycles. The molecule has 112 valence electrons. The first-order chi connectivity index (χ1) is 9.78. The standard InChI is InChI=1S/C18H29NO/c1-2-3-4-5-6-16-11-17(16)13-19(12-14-7-8-14)18(20)15-9-10-15/h3-4,14-17H,2,5-13H2,1H3/b4-3-. The Bertz CT molecular complexity index is 368. The molecule has 0 bridgehead atoms. The highest BCUT2D eigenvalue weighted by Gasteiger charge is 2.42. The van der Waals surface area contributed by atoms with E-state index in [2.05, 4.69) is 24.0 Å². The van der Waals surface area contributed by atoms with Crippen molar-refractivity contribution in [2.45, 2.75) is 58.3 Å². The highest BCUT2D eigenvalue weighted by atomic mass is 16.2. The molecule has 3 fully saturated rings. The molecule has 2 heteroatoms. The van der Waals surface area contributed by atoms with Crippen LogP contribution in [0.4, 0.5) is 0 Å². The van der Waals surface area contributed by atoms with Gasteiger partial charge in [-0.25, -0.2) is 0 Å². The van der Waals surface area contributed by atoms with Crippen LogP contribution in [0.5, 0.6) is 0 Å². The molecule has 0 aromatic rings. The van der Waals surface area contributed by atoms with Crippen molar-refractivity contribution in [2.24, 2.45) is 23.7 Å². The molecule has 2 nitrogen and oxygen atoms in total. The van der Waals surface area contributed by atoms with Crippen molar-refractivity contribution in [2.75, 3.05) is 13.1 Å². The summed E-state index contributed by atoms with van der Waals surface area (Å²) >= 11 is 0. The van der Waals surface area contributed by atoms with E-state index >= 15 is 0 Å². The van der Waals surface area contributed by atoms with Crippen molar-refractivity contribution < 1.29 is 4.79 Å². The molecule has 2 atom stereocenters. The lowest BCUT2D eigenvalue weighted by molar-refractivity contribution is -0.133. The van der Waals surface area contributed by atoms with Gasteiger partial charge in [-0.3, -0.25) is 4.79 Å². The van der Waals surface area contributed by atoms with Gasteiger partial charge in [-0.2, -0.15) is 0 Å². The summed E-state index contributed by atoms with van der Waals surface area (Å²) < 4.78 is 0. The predicted molar refractivity (Wildman–Crippen MR) is 82.3 cm³/mol. The molecule has 3 rings (SSSR count). The molecule has 20 heavy (non-hydrogen) atoms. The summed E-state index contributed by atoms with van der Waals surface area (Å²) in [4.78, 5) is 14.6. The average molecular weight is 275 g/mol. The second kappa shape index (κ2) is 6.32. The van der Waals surface area contributed by atoms with Crippen LogP contribution in [0.1, 0.15) is 58.3 Å². The summed E-state index contributed by atoms with van der Waals surface area (Å²) in [6.07, 6.45) is 14.7. The SMILES string of the molecule is CC/C=C\CCC1CC1CN(CC1CC1)C(=O)C1CC1. The zero-order chi connectivity index (χ0) is 13.9. The highest BCUT2D eigenvalue weighted by molar-refractivity contribution is 5.81. The van der Waals surface area contributed by atoms with Gasteiger partial charge in [0.1, 0.15) is 0 Å². The highest BCUT2D eigenvalue weighted by Crippen LogP contribution is 2.44. The van der Waals surface area contributed by atoms with Crippen LogP contribution in [-0.4, -0.2) is 23.9 Å². The normalized spacial score (nSPS) is 28.9. The van der Waals surface area contributed by atoms with Crippen LogP contribution < -0.4 is 0 Å². The van der Waals surface area contributed by atoms with E-state index in [4.69, 9.17) is 0 Å². The minimum atomic E-state index is 0.401. The largest absolute Gasteiger partial charge is 0.342 e. The Morgan fingerprint density at radius 2 is 1.90 bits per heavy atom. The van der Waals surface area contributed by atoms with E-state index in [-0.39, 0.29) is 0 Å². The van der Waals surface area contributed by atoms with Crippen molar-refractivity contribution >= 4 is 5.91 Å². The fourth-order valence-electron chi connectivity index (χ4n) is 3.22. The number of allylic oxidation sites excluding steroid dienone is 2. The Morgan fingerprint density at radius 1 is 1.10 bits per heavy atom. The van der Waals surface area contributed by atoms with Gasteiger partial charge in [0, 0.05) is 19.0 Å². The van der Waals surface area contributed by atoms with Crippen LogP contribution in [0.2, 0.25) is 0 Å². The van der Waals surface area contributed by atoms with Gasteiger partial charge in [0.05, 0.1) is 0 Å². The number of carbonyl (C=O) groups is 1. The molecule has 0 spiro atoms. The molecule has 0 aliphatic heterocycles. The number of rotatable bonds is 9. The maximum Gasteiger partial charge on any atom is 0.225 e. The second-order valence-electron chi connectivity index (χ2n) is 7.17. The maximum atomic E-state index is 12.4. The lowest BCUT2D eigenvalue weighted by Gasteiger charge is -2.23. The smallest absolute Gasteiger partial charge is 0.225 e. The zero-order valence-corrected chi connectivity index (χ0v) is 12.9. The minimum Gasteiger partial charge on any atom is -0.342 e. The Kier molecular flexibility index (Phi) is 4.48. The quantitative estimate of drug-likeness (QED) is 0.582. The number of nitrogens with zero attached hydrogens (tertiary/aromatic N) is 1. The topological polar surface area (TPSA) is 20.3 Å². The van der Waals surface area contributed by atoms with E-state index in [0.717, 1.165) is 50.1 Å². The summed E-state index contributed by atoms with van der Waals surface area (Å²) in [7, 11) is 0. The van der Waals surface area contributed by atoms with Gasteiger partial charge in [-0.1, -0.05) is 19.1 Å². The van der Waals surface area contributed by atoms with Crippen LogP contribution in [0.3, 0.4) is 0 Å². The minimum absolute atomic E-state index is 0.401. The summed E-state index contributed by atoms with van der Waals surface area (Å²) in [5, 5.41) is 0. The Labute approximate surface area is 123 Å². The summed E-state index contributed by atoms with van der Waals surface area (Å²) in [5.74, 6) is 3.42. The molecule has 0 aromatic heterocycles. The monoisotopic (exact) mass is 275 g/mol. The van der Waals surface area contributed by atoms with Gasteiger partial charge < -0.3 is 4.90 Å². The van der Waals surface area contributed by atoms with E-state index in [1.807, 2.05) is 0 Å². The number of hydrogen-bond acceptors (Lipinski definition) is 1. The second-order valence-corrected chi connectivity index (χ2v) is 7.17. The number of hydrogen-bond donors (Lipinski definition) is 0. The molecule has 2 unspecified atom stereocenters. The third kappa shape index (κ3) is 4.10. The first kappa shape index (κ1) is 14.2. The van der Waals surface area contributed by atoms with E-state index < -0.39 is 0 Å². The third-order valence-corrected chi connectivity index (χ3v) is 5.04. The predicted octanol–water partition coefficient (Wildman–Crippen LogP) is 4.02. The molecule has 0 heterocycles. The molecule has 3 saturated carbocycles. The number of amides is 1. The van der Waals surface area contributed by atoms with Crippen molar-refractivity contribution in [3.63, 3.8) is 0 Å². The molecular formula is C18H29NO. The van der Waals surface area contributed by atoms with Gasteiger partial charge in [-0.15, -0.1) is 0 Å². The van der Waals surface area contributed by atoms with Gasteiger partial charge in [0.15, 0.2) is 0 Å². The lowest BCUT2D eigenvalue weighted by Crippen LogP contribution is -2.36. The van der Waals surface area contributed by atoms with E-state index in [9.17, 15) is 4.79 Å². The van der Waals surface area contributed by atoms with E-state index in [0.29, 0.717) is 11.8 Å². The molecule has 1 amide bonds. The first-order valence-corrected chi connectivity index (χ1v) is 8.71. The summed E-state index contributed by atoms with van der Waals surface area (Å²) in [5.41, 5.74) is 0. The summed E-state index contributed by atoms with van der Waals surface area (Å²) in [6, 6.07) is 0. The fourth-order valence-corrected chi connectivity index (χ4v) is 3.22. The number of carbonyl (C=O) groups excluding carboxylic acids is 1. The van der Waals surface area contributed by atoms with Gasteiger partial charge >= 0.3 is 0 Å². The van der Waals surface area contributed by atoms with Crippen LogP contribution in [-0.2, 0) is 4.79 Å². The van der Waals surface area contributed by atoms with Crippen molar-refractivity contribution in [1.29, 1.82) is 0 Å². The first-order valence-electron chi connectivity index (χ1n) is 8.71. The Morgan fingerprint density at radius 3 is 2.55 bits per heavy atom. The third-order valence-electron chi connectivity index (χ3n) is 5.04. The van der Waals surface area contributed by atoms with Crippen LogP contribution in [0.15, 0.2) is 12.2 Å². The molecule has 0 N–H and O–H groups in total. The fraction of sp³-hybridized carbons (Fsp3) is 0.833. The van der Waals surface area contributed by atoms with Crippen molar-refractivity contribution in [3.8, 4) is 0 Å². The van der Waals surface area contributed by atoms with E-state index in [1.165, 1.54) is 32.1 Å². The zero-order valence-electron chi connectivity index (χ0n) is 12.9. The molecule has 0 saturated heterocycles. The average Bonchev–Trinajstić information content (AvgIpc) is 3.28. The lowest BCUT2D eigenvalue weighted by atomic mass is 10.1. The molecular weight excluding hydrogens is 246 g/mol. The van der Waals surface area contributed by atoms with Gasteiger partial charge in [0.25, 0.3) is 0 Å². The molecule has 3 aliphatic carbocycles. The maximum absolute atomic E-state index is 12.4. The Balaban J connectivity index is 1.40. The van der Waals surface area contributed by atoms with E-state index in [1.54, 1.807) is 0 Å². The molecule has 3 aliphatic rings. The molecule has 0 radical (unpaired) electrons. The van der Waals surface area contributed by atoms with Crippen molar-refractivity contribution in [3.05, 3.63) is 12.2 Å². The Hall–Kier alpha value is -0.790. The van der Waals surface area contributed by atoms with Crippen molar-refractivity contribution in [1.82, 2.24) is 4.90 Å². The summed E-state index contributed by atoms with van der Waals surface area (Å²) in [6.45, 7) is 4.32. The van der Waals surface area contributed by atoms with Crippen LogP contribution in [0, 0.1) is 23.7 Å². The van der Waals surface area contributed by atoms with Gasteiger partial charge in [-0.05, 0) is 69.1 Å². The van der Waals surface area contributed by atoms with Crippen LogP contribution >= 0.6 is 0 Å².